The van der Waals surface area contributed by atoms with E-state index in [0.29, 0.717) is 35.0 Å². The second kappa shape index (κ2) is 6.18. The van der Waals surface area contributed by atoms with E-state index in [-0.39, 0.29) is 17.4 Å². The van der Waals surface area contributed by atoms with Crippen molar-refractivity contribution in [2.75, 3.05) is 13.7 Å². The van der Waals surface area contributed by atoms with Crippen LogP contribution in [0.5, 0.6) is 0 Å². The molecule has 0 spiro atoms. The van der Waals surface area contributed by atoms with Crippen molar-refractivity contribution in [3.63, 3.8) is 0 Å². The SMILES string of the molecule is COCC1(O)C(Cl)=CC[C@H]2[C@@H]3CCC4=CC(=O)CC[C@]4(C)[C@H]3CC[C@@]21C. The normalized spacial score (nSPS) is 48.0. The fourth-order valence-corrected chi connectivity index (χ4v) is 7.30. The number of hydrogen-bond donors (Lipinski definition) is 1. The number of hydrogen-bond acceptors (Lipinski definition) is 3. The highest BCUT2D eigenvalue weighted by molar-refractivity contribution is 6.30. The van der Waals surface area contributed by atoms with E-state index in [4.69, 9.17) is 16.3 Å². The molecular formula is C22H31ClO3. The lowest BCUT2D eigenvalue weighted by molar-refractivity contribution is -0.169. The molecule has 2 fully saturated rings. The number of ether oxygens (including phenoxy) is 1. The van der Waals surface area contributed by atoms with Crippen molar-refractivity contribution in [1.82, 2.24) is 0 Å². The largest absolute Gasteiger partial charge is 0.381 e. The lowest BCUT2D eigenvalue weighted by Gasteiger charge is -2.63. The van der Waals surface area contributed by atoms with Crippen LogP contribution < -0.4 is 0 Å². The molecule has 0 aromatic heterocycles. The predicted octanol–water partition coefficient (Wildman–Crippen LogP) is 4.63. The molecule has 26 heavy (non-hydrogen) atoms. The smallest absolute Gasteiger partial charge is 0.155 e. The molecule has 0 radical (unpaired) electrons. The van der Waals surface area contributed by atoms with Crippen molar-refractivity contribution >= 4 is 17.4 Å². The van der Waals surface area contributed by atoms with Crippen LogP contribution in [0.25, 0.3) is 0 Å². The summed E-state index contributed by atoms with van der Waals surface area (Å²) in [6.45, 7) is 4.86. The van der Waals surface area contributed by atoms with E-state index in [1.54, 1.807) is 7.11 Å². The van der Waals surface area contributed by atoms with Gasteiger partial charge >= 0.3 is 0 Å². The molecule has 0 heterocycles. The van der Waals surface area contributed by atoms with Gasteiger partial charge in [0.2, 0.25) is 0 Å². The molecule has 0 bridgehead atoms. The lowest BCUT2D eigenvalue weighted by atomic mass is 9.43. The number of allylic oxidation sites excluding steroid dienone is 3. The molecular weight excluding hydrogens is 348 g/mol. The summed E-state index contributed by atoms with van der Waals surface area (Å²) in [5.74, 6) is 1.90. The van der Waals surface area contributed by atoms with Crippen molar-refractivity contribution in [3.8, 4) is 0 Å². The second-order valence-corrected chi connectivity index (χ2v) is 9.91. The maximum Gasteiger partial charge on any atom is 0.155 e. The first kappa shape index (κ1) is 18.7. The van der Waals surface area contributed by atoms with E-state index in [2.05, 4.69) is 13.8 Å². The van der Waals surface area contributed by atoms with Crippen LogP contribution in [0, 0.1) is 28.6 Å². The summed E-state index contributed by atoms with van der Waals surface area (Å²) in [5.41, 5.74) is 0.201. The third-order valence-electron chi connectivity index (χ3n) is 8.60. The minimum atomic E-state index is -1.09. The van der Waals surface area contributed by atoms with E-state index >= 15 is 0 Å². The van der Waals surface area contributed by atoms with Gasteiger partial charge < -0.3 is 9.84 Å². The number of carbonyl (C=O) groups excluding carboxylic acids is 1. The van der Waals surface area contributed by atoms with Gasteiger partial charge in [-0.1, -0.05) is 37.1 Å². The maximum atomic E-state index is 11.9. The fraction of sp³-hybridized carbons (Fsp3) is 0.773. The fourth-order valence-electron chi connectivity index (χ4n) is 6.94. The molecule has 2 saturated carbocycles. The summed E-state index contributed by atoms with van der Waals surface area (Å²) >= 11 is 6.53. The minimum Gasteiger partial charge on any atom is -0.381 e. The highest BCUT2D eigenvalue weighted by Gasteiger charge is 2.62. The Kier molecular flexibility index (Phi) is 4.45. The molecule has 4 rings (SSSR count). The van der Waals surface area contributed by atoms with Crippen molar-refractivity contribution in [2.45, 2.75) is 64.4 Å². The highest BCUT2D eigenvalue weighted by atomic mass is 35.5. The van der Waals surface area contributed by atoms with E-state index in [1.165, 1.54) is 5.57 Å². The second-order valence-electron chi connectivity index (χ2n) is 9.51. The number of rotatable bonds is 2. The van der Waals surface area contributed by atoms with Gasteiger partial charge in [-0.15, -0.1) is 0 Å². The monoisotopic (exact) mass is 378 g/mol. The molecule has 3 nitrogen and oxygen atoms in total. The molecule has 1 unspecified atom stereocenters. The maximum absolute atomic E-state index is 11.9. The Morgan fingerprint density at radius 3 is 2.73 bits per heavy atom. The zero-order chi connectivity index (χ0) is 18.7. The van der Waals surface area contributed by atoms with Crippen LogP contribution in [0.15, 0.2) is 22.8 Å². The van der Waals surface area contributed by atoms with Gasteiger partial charge in [-0.25, -0.2) is 0 Å². The molecule has 0 saturated heterocycles. The average molecular weight is 379 g/mol. The van der Waals surface area contributed by atoms with Crippen LogP contribution in [-0.2, 0) is 9.53 Å². The van der Waals surface area contributed by atoms with Crippen molar-refractivity contribution < 1.29 is 14.6 Å². The molecule has 0 amide bonds. The average Bonchev–Trinajstić information content (AvgIpc) is 2.60. The number of aliphatic hydroxyl groups is 1. The Labute approximate surface area is 161 Å². The van der Waals surface area contributed by atoms with Crippen LogP contribution in [0.3, 0.4) is 0 Å². The molecule has 144 valence electrons. The molecule has 0 aliphatic heterocycles. The molecule has 0 aromatic carbocycles. The lowest BCUT2D eigenvalue weighted by Crippen LogP contribution is -2.62. The third-order valence-corrected chi connectivity index (χ3v) is 9.06. The van der Waals surface area contributed by atoms with Crippen LogP contribution in [0.2, 0.25) is 0 Å². The van der Waals surface area contributed by atoms with Crippen LogP contribution in [-0.4, -0.2) is 30.2 Å². The highest BCUT2D eigenvalue weighted by Crippen LogP contribution is 2.66. The van der Waals surface area contributed by atoms with Crippen molar-refractivity contribution in [1.29, 1.82) is 0 Å². The van der Waals surface area contributed by atoms with Crippen molar-refractivity contribution in [2.24, 2.45) is 28.6 Å². The summed E-state index contributed by atoms with van der Waals surface area (Å²) in [6, 6.07) is 0. The predicted molar refractivity (Wildman–Crippen MR) is 103 cm³/mol. The van der Waals surface area contributed by atoms with E-state index in [9.17, 15) is 9.90 Å². The number of methoxy groups -OCH3 is 1. The van der Waals surface area contributed by atoms with Gasteiger partial charge in [0.25, 0.3) is 0 Å². The van der Waals surface area contributed by atoms with Gasteiger partial charge in [0.1, 0.15) is 5.60 Å². The van der Waals surface area contributed by atoms with E-state index in [0.717, 1.165) is 38.5 Å². The van der Waals surface area contributed by atoms with Gasteiger partial charge in [-0.05, 0) is 67.8 Å². The minimum absolute atomic E-state index is 0.155. The molecule has 6 atom stereocenters. The summed E-state index contributed by atoms with van der Waals surface area (Å²) in [5, 5.41) is 12.1. The standard InChI is InChI=1S/C22H31ClO3/c1-20-10-8-15(24)12-14(20)4-5-16-17(20)9-11-21(2)18(16)6-7-19(23)22(21,25)13-26-3/h7,12,16-18,25H,4-6,8-11,13H2,1-3H3/t16-,17+,18+,20+,21+,22?/m1/s1. The van der Waals surface area contributed by atoms with E-state index < -0.39 is 5.60 Å². The van der Waals surface area contributed by atoms with Gasteiger partial charge in [0.15, 0.2) is 5.78 Å². The summed E-state index contributed by atoms with van der Waals surface area (Å²) in [6.07, 6.45) is 10.8. The molecule has 4 aliphatic carbocycles. The molecule has 4 heteroatoms. The summed E-state index contributed by atoms with van der Waals surface area (Å²) in [4.78, 5) is 11.9. The molecule has 4 aliphatic rings. The Bertz CT molecular complexity index is 683. The van der Waals surface area contributed by atoms with E-state index in [1.807, 2.05) is 12.2 Å². The number of halogens is 1. The first-order valence-electron chi connectivity index (χ1n) is 10.1. The molecule has 1 N–H and O–H groups in total. The van der Waals surface area contributed by atoms with Crippen LogP contribution in [0.4, 0.5) is 0 Å². The Hall–Kier alpha value is -0.640. The van der Waals surface area contributed by atoms with Gasteiger partial charge in [0, 0.05) is 24.0 Å². The number of carbonyl (C=O) groups is 1. The van der Waals surface area contributed by atoms with Crippen LogP contribution in [0.1, 0.15) is 58.8 Å². The summed E-state index contributed by atoms with van der Waals surface area (Å²) in [7, 11) is 1.64. The Balaban J connectivity index is 1.72. The molecule has 0 aromatic rings. The number of ketones is 1. The van der Waals surface area contributed by atoms with Crippen molar-refractivity contribution in [3.05, 3.63) is 22.8 Å². The van der Waals surface area contributed by atoms with Gasteiger partial charge in [0.05, 0.1) is 6.61 Å². The van der Waals surface area contributed by atoms with Gasteiger partial charge in [-0.3, -0.25) is 4.79 Å². The third kappa shape index (κ3) is 2.36. The summed E-state index contributed by atoms with van der Waals surface area (Å²) < 4.78 is 5.40. The Morgan fingerprint density at radius 2 is 2.00 bits per heavy atom. The first-order chi connectivity index (χ1) is 12.3. The number of fused-ring (bicyclic) bond motifs is 5. The zero-order valence-corrected chi connectivity index (χ0v) is 16.9. The quantitative estimate of drug-likeness (QED) is 0.762. The Morgan fingerprint density at radius 1 is 1.23 bits per heavy atom. The zero-order valence-electron chi connectivity index (χ0n) is 16.2. The van der Waals surface area contributed by atoms with Gasteiger partial charge in [-0.2, -0.15) is 0 Å². The first-order valence-corrected chi connectivity index (χ1v) is 10.5. The topological polar surface area (TPSA) is 46.5 Å². The van der Waals surface area contributed by atoms with Crippen LogP contribution >= 0.6 is 11.6 Å².